The molecule has 0 aliphatic carbocycles. The van der Waals surface area contributed by atoms with Crippen LogP contribution in [-0.2, 0) is 0 Å². The van der Waals surface area contributed by atoms with Gasteiger partial charge in [0.2, 0.25) is 0 Å². The number of rotatable bonds is 4. The predicted molar refractivity (Wildman–Crippen MR) is 75.5 cm³/mol. The van der Waals surface area contributed by atoms with Crippen LogP contribution in [0.25, 0.3) is 0 Å². The fourth-order valence-electron chi connectivity index (χ4n) is 1.67. The lowest BCUT2D eigenvalue weighted by Crippen LogP contribution is -2.05. The van der Waals surface area contributed by atoms with Crippen LogP contribution in [0.3, 0.4) is 0 Å². The minimum Gasteiger partial charge on any atom is -0.477 e. The van der Waals surface area contributed by atoms with Gasteiger partial charge in [-0.25, -0.2) is 9.78 Å². The minimum atomic E-state index is -1.40. The third-order valence-corrected chi connectivity index (χ3v) is 2.61. The summed E-state index contributed by atoms with van der Waals surface area (Å²) in [6.45, 7) is 0. The van der Waals surface area contributed by atoms with Gasteiger partial charge in [0.1, 0.15) is 17.6 Å². The number of aromatic nitrogens is 1. The average molecular weight is 283 g/mol. The third kappa shape index (κ3) is 3.13. The zero-order chi connectivity index (χ0) is 15.4. The summed E-state index contributed by atoms with van der Waals surface area (Å²) < 4.78 is 0. The van der Waals surface area contributed by atoms with E-state index in [-0.39, 0.29) is 5.82 Å². The first-order chi connectivity index (χ1) is 10.0. The van der Waals surface area contributed by atoms with E-state index in [0.717, 1.165) is 12.3 Å². The molecule has 2 N–H and O–H groups in total. The van der Waals surface area contributed by atoms with Gasteiger partial charge in [-0.1, -0.05) is 12.0 Å². The number of hydrogen-bond donors (Lipinski definition) is 2. The summed E-state index contributed by atoms with van der Waals surface area (Å²) in [5.41, 5.74) is 0.236. The molecule has 0 amide bonds. The summed E-state index contributed by atoms with van der Waals surface area (Å²) in [6.07, 6.45) is 6.18. The van der Waals surface area contributed by atoms with Crippen LogP contribution in [0.5, 0.6) is 0 Å². The number of carbonyl (C=O) groups is 1. The van der Waals surface area contributed by atoms with E-state index in [0.29, 0.717) is 11.3 Å². The first-order valence-electron chi connectivity index (χ1n) is 5.72. The lowest BCUT2D eigenvalue weighted by Gasteiger charge is -2.07. The van der Waals surface area contributed by atoms with Crippen molar-refractivity contribution in [2.45, 2.75) is 0 Å². The van der Waals surface area contributed by atoms with Crippen molar-refractivity contribution in [1.29, 1.82) is 0 Å². The quantitative estimate of drug-likeness (QED) is 0.507. The molecule has 0 atom stereocenters. The SMILES string of the molecule is C#Cc1cccc(Nc2cc(C(=O)O)c([N+](=O)[O-])cn2)c1. The maximum Gasteiger partial charge on any atom is 0.342 e. The molecule has 21 heavy (non-hydrogen) atoms. The molecule has 0 fully saturated rings. The van der Waals surface area contributed by atoms with Crippen LogP contribution >= 0.6 is 0 Å². The Labute approximate surface area is 119 Å². The zero-order valence-corrected chi connectivity index (χ0v) is 10.6. The number of terminal acetylenes is 1. The second-order valence-electron chi connectivity index (χ2n) is 4.00. The molecular formula is C14H9N3O4. The number of carboxylic acid groups (broad SMARTS) is 1. The van der Waals surface area contributed by atoms with E-state index in [1.807, 2.05) is 0 Å². The number of anilines is 2. The Hall–Kier alpha value is -3.40. The van der Waals surface area contributed by atoms with Crippen molar-refractivity contribution in [3.8, 4) is 12.3 Å². The van der Waals surface area contributed by atoms with E-state index < -0.39 is 22.1 Å². The Morgan fingerprint density at radius 3 is 2.81 bits per heavy atom. The fraction of sp³-hybridized carbons (Fsp3) is 0. The highest BCUT2D eigenvalue weighted by Gasteiger charge is 2.21. The Balaban J connectivity index is 2.37. The fourth-order valence-corrected chi connectivity index (χ4v) is 1.67. The number of hydrogen-bond acceptors (Lipinski definition) is 5. The van der Waals surface area contributed by atoms with Crippen LogP contribution in [0, 0.1) is 22.5 Å². The minimum absolute atomic E-state index is 0.173. The number of aromatic carboxylic acids is 1. The standard InChI is InChI=1S/C14H9N3O4/c1-2-9-4-3-5-10(6-9)16-13-7-11(14(18)19)12(8-15-13)17(20)21/h1,3-8H,(H,15,16)(H,18,19). The van der Waals surface area contributed by atoms with Gasteiger partial charge in [-0.2, -0.15) is 0 Å². The average Bonchev–Trinajstić information content (AvgIpc) is 2.47. The van der Waals surface area contributed by atoms with Gasteiger partial charge in [0.05, 0.1) is 4.92 Å². The second-order valence-corrected chi connectivity index (χ2v) is 4.00. The summed E-state index contributed by atoms with van der Waals surface area (Å²) in [7, 11) is 0. The number of benzene rings is 1. The Bertz CT molecular complexity index is 765. The molecule has 7 heteroatoms. The molecule has 2 aromatic rings. The maximum atomic E-state index is 11.0. The topological polar surface area (TPSA) is 105 Å². The first kappa shape index (κ1) is 14.0. The number of nitro groups is 1. The summed E-state index contributed by atoms with van der Waals surface area (Å²) in [5, 5.41) is 22.6. The van der Waals surface area contributed by atoms with Crippen molar-refractivity contribution in [1.82, 2.24) is 4.98 Å². The first-order valence-corrected chi connectivity index (χ1v) is 5.72. The van der Waals surface area contributed by atoms with Crippen LogP contribution in [-0.4, -0.2) is 21.0 Å². The van der Waals surface area contributed by atoms with Crippen molar-refractivity contribution in [3.05, 3.63) is 57.8 Å². The highest BCUT2D eigenvalue weighted by atomic mass is 16.6. The van der Waals surface area contributed by atoms with E-state index in [4.69, 9.17) is 11.5 Å². The van der Waals surface area contributed by atoms with Gasteiger partial charge in [-0.15, -0.1) is 6.42 Å². The number of pyridine rings is 1. The van der Waals surface area contributed by atoms with E-state index in [1.54, 1.807) is 24.3 Å². The zero-order valence-electron chi connectivity index (χ0n) is 10.6. The monoisotopic (exact) mass is 283 g/mol. The van der Waals surface area contributed by atoms with Crippen LogP contribution < -0.4 is 5.32 Å². The van der Waals surface area contributed by atoms with Crippen LogP contribution in [0.15, 0.2) is 36.5 Å². The maximum absolute atomic E-state index is 11.0. The highest BCUT2D eigenvalue weighted by Crippen LogP contribution is 2.22. The molecule has 0 unspecified atom stereocenters. The van der Waals surface area contributed by atoms with Gasteiger partial charge in [-0.05, 0) is 18.2 Å². The molecular weight excluding hydrogens is 274 g/mol. The molecule has 2 rings (SSSR count). The molecule has 0 aliphatic rings. The molecule has 0 aliphatic heterocycles. The summed E-state index contributed by atoms with van der Waals surface area (Å²) in [4.78, 5) is 24.8. The van der Waals surface area contributed by atoms with Crippen LogP contribution in [0.2, 0.25) is 0 Å². The van der Waals surface area contributed by atoms with E-state index in [1.165, 1.54) is 0 Å². The lowest BCUT2D eigenvalue weighted by molar-refractivity contribution is -0.385. The smallest absolute Gasteiger partial charge is 0.342 e. The van der Waals surface area contributed by atoms with E-state index in [9.17, 15) is 14.9 Å². The van der Waals surface area contributed by atoms with Gasteiger partial charge in [0, 0.05) is 17.3 Å². The normalized spacial score (nSPS) is 9.67. The Morgan fingerprint density at radius 1 is 1.43 bits per heavy atom. The second kappa shape index (κ2) is 5.71. The molecule has 1 heterocycles. The largest absolute Gasteiger partial charge is 0.477 e. The lowest BCUT2D eigenvalue weighted by atomic mass is 10.2. The van der Waals surface area contributed by atoms with E-state index in [2.05, 4.69) is 16.2 Å². The van der Waals surface area contributed by atoms with Crippen molar-refractivity contribution in [2.75, 3.05) is 5.32 Å². The molecule has 7 nitrogen and oxygen atoms in total. The van der Waals surface area contributed by atoms with Gasteiger partial charge in [0.25, 0.3) is 0 Å². The molecule has 0 radical (unpaired) electrons. The predicted octanol–water partition coefficient (Wildman–Crippen LogP) is 2.41. The van der Waals surface area contributed by atoms with Crippen molar-refractivity contribution in [2.24, 2.45) is 0 Å². The third-order valence-electron chi connectivity index (χ3n) is 2.61. The van der Waals surface area contributed by atoms with Crippen molar-refractivity contribution < 1.29 is 14.8 Å². The Kier molecular flexibility index (Phi) is 3.81. The molecule has 104 valence electrons. The van der Waals surface area contributed by atoms with Crippen LogP contribution in [0.4, 0.5) is 17.2 Å². The van der Waals surface area contributed by atoms with Gasteiger partial charge < -0.3 is 10.4 Å². The molecule has 0 saturated heterocycles. The number of nitrogens with one attached hydrogen (secondary N) is 1. The van der Waals surface area contributed by atoms with Gasteiger partial charge in [0.15, 0.2) is 0 Å². The Morgan fingerprint density at radius 2 is 2.19 bits per heavy atom. The number of carboxylic acids is 1. The van der Waals surface area contributed by atoms with Gasteiger partial charge in [-0.3, -0.25) is 10.1 Å². The number of nitrogens with zero attached hydrogens (tertiary/aromatic N) is 2. The molecule has 1 aromatic carbocycles. The summed E-state index contributed by atoms with van der Waals surface area (Å²) in [5.74, 6) is 1.24. The molecule has 1 aromatic heterocycles. The van der Waals surface area contributed by atoms with E-state index >= 15 is 0 Å². The molecule has 0 bridgehead atoms. The molecule has 0 saturated carbocycles. The molecule has 0 spiro atoms. The highest BCUT2D eigenvalue weighted by molar-refractivity contribution is 5.93. The summed E-state index contributed by atoms with van der Waals surface area (Å²) >= 11 is 0. The van der Waals surface area contributed by atoms with Crippen molar-refractivity contribution in [3.63, 3.8) is 0 Å². The van der Waals surface area contributed by atoms with Crippen LogP contribution in [0.1, 0.15) is 15.9 Å². The van der Waals surface area contributed by atoms with Gasteiger partial charge >= 0.3 is 11.7 Å². The van der Waals surface area contributed by atoms with Crippen molar-refractivity contribution >= 4 is 23.2 Å². The summed E-state index contributed by atoms with van der Waals surface area (Å²) in [6, 6.07) is 7.94.